The van der Waals surface area contributed by atoms with Gasteiger partial charge < -0.3 is 4.42 Å². The van der Waals surface area contributed by atoms with Gasteiger partial charge in [0.15, 0.2) is 0 Å². The molecule has 0 atom stereocenters. The van der Waals surface area contributed by atoms with Crippen molar-refractivity contribution in [2.75, 3.05) is 0 Å². The Hall–Kier alpha value is -7.48. The normalized spacial score (nSPS) is 13.3. The maximum Gasteiger partial charge on any atom is 0.135 e. The first-order valence-electron chi connectivity index (χ1n) is 21.0. The van der Waals surface area contributed by atoms with Crippen molar-refractivity contribution >= 4 is 75.8 Å². The number of rotatable bonds is 3. The Labute approximate surface area is 347 Å². The molecule has 1 heteroatoms. The fourth-order valence-corrected chi connectivity index (χ4v) is 11.0. The predicted molar refractivity (Wildman–Crippen MR) is 255 cm³/mol. The first kappa shape index (κ1) is 33.5. The molecule has 0 spiro atoms. The number of para-hydroxylation sites is 1. The van der Waals surface area contributed by atoms with Crippen LogP contribution in [0.4, 0.5) is 0 Å². The molecule has 1 nitrogen and oxygen atoms in total. The fraction of sp³-hybridized carbons (Fsp3) is 0.0508. The Morgan fingerprint density at radius 2 is 0.783 bits per heavy atom. The maximum absolute atomic E-state index is 6.22. The molecule has 1 aliphatic carbocycles. The molecule has 12 aromatic rings. The van der Waals surface area contributed by atoms with Crippen molar-refractivity contribution in [2.24, 2.45) is 0 Å². The van der Waals surface area contributed by atoms with Gasteiger partial charge in [-0.1, -0.05) is 184 Å². The minimum absolute atomic E-state index is 0.154. The Bertz CT molecular complexity index is 3730. The molecule has 0 fully saturated rings. The molecule has 1 aliphatic rings. The first-order chi connectivity index (χ1) is 29.5. The third-order valence-electron chi connectivity index (χ3n) is 13.6. The Kier molecular flexibility index (Phi) is 6.85. The molecule has 0 radical (unpaired) electrons. The van der Waals surface area contributed by atoms with E-state index in [9.17, 15) is 0 Å². The SMILES string of the molecule is CC1(C)c2c(ccc3cc(-c4ccc(-c5c6ccccc6c(-c6ccc7oc8ccccc8c7c6)c6ccccc56)cc4)ccc23)-c2c1c1ccccc1c1ccccc21. The number of hydrogen-bond donors (Lipinski definition) is 0. The van der Waals surface area contributed by atoms with Crippen LogP contribution in [-0.2, 0) is 5.41 Å². The molecule has 1 aromatic heterocycles. The molecule has 0 bridgehead atoms. The maximum atomic E-state index is 6.22. The first-order valence-corrected chi connectivity index (χ1v) is 21.0. The summed E-state index contributed by atoms with van der Waals surface area (Å²) >= 11 is 0. The van der Waals surface area contributed by atoms with Crippen molar-refractivity contribution in [1.82, 2.24) is 0 Å². The van der Waals surface area contributed by atoms with Crippen molar-refractivity contribution < 1.29 is 4.42 Å². The molecule has 0 saturated heterocycles. The number of furan rings is 1. The van der Waals surface area contributed by atoms with Gasteiger partial charge in [-0.3, -0.25) is 0 Å². The molecular weight excluding hydrogens is 725 g/mol. The minimum Gasteiger partial charge on any atom is -0.456 e. The lowest BCUT2D eigenvalue weighted by Crippen LogP contribution is -2.16. The van der Waals surface area contributed by atoms with Gasteiger partial charge in [0.1, 0.15) is 11.2 Å². The van der Waals surface area contributed by atoms with Gasteiger partial charge in [0.05, 0.1) is 0 Å². The van der Waals surface area contributed by atoms with E-state index in [1.165, 1.54) is 109 Å². The Balaban J connectivity index is 0.930. The second kappa shape index (κ2) is 12.3. The van der Waals surface area contributed by atoms with Crippen molar-refractivity contribution in [3.05, 3.63) is 205 Å². The lowest BCUT2D eigenvalue weighted by Gasteiger charge is -2.25. The Morgan fingerprint density at radius 1 is 0.300 bits per heavy atom. The summed E-state index contributed by atoms with van der Waals surface area (Å²) < 4.78 is 6.22. The van der Waals surface area contributed by atoms with E-state index in [4.69, 9.17) is 4.42 Å². The minimum atomic E-state index is -0.154. The molecule has 11 aromatic carbocycles. The molecule has 13 rings (SSSR count). The largest absolute Gasteiger partial charge is 0.456 e. The molecule has 280 valence electrons. The highest BCUT2D eigenvalue weighted by Gasteiger charge is 2.39. The molecule has 0 N–H and O–H groups in total. The lowest BCUT2D eigenvalue weighted by molar-refractivity contribution is 0.669. The molecule has 0 saturated carbocycles. The van der Waals surface area contributed by atoms with Crippen LogP contribution in [0.2, 0.25) is 0 Å². The monoisotopic (exact) mass is 762 g/mol. The van der Waals surface area contributed by atoms with Crippen LogP contribution in [0.5, 0.6) is 0 Å². The van der Waals surface area contributed by atoms with Crippen LogP contribution in [0.3, 0.4) is 0 Å². The van der Waals surface area contributed by atoms with Gasteiger partial charge in [0.2, 0.25) is 0 Å². The van der Waals surface area contributed by atoms with E-state index in [2.05, 4.69) is 196 Å². The van der Waals surface area contributed by atoms with E-state index in [1.807, 2.05) is 12.1 Å². The van der Waals surface area contributed by atoms with Gasteiger partial charge in [0, 0.05) is 16.2 Å². The molecule has 0 aliphatic heterocycles. The second-order valence-electron chi connectivity index (χ2n) is 17.1. The standard InChI is InChI=1S/C59H38O/c1-59(2)57-40-30-27-37(33-38(40)28-31-50(57)56-44-16-5-3-13-41(44)42-14-4-10-21-49(42)58(56)59)35-23-25-36(26-24-35)54-45-17-6-8-19-47(45)55(48-20-9-7-18-46(48)54)39-29-32-53-51(34-39)43-15-11-12-22-52(43)60-53/h3-34H,1-2H3. The quantitative estimate of drug-likeness (QED) is 0.129. The summed E-state index contributed by atoms with van der Waals surface area (Å²) in [4.78, 5) is 0. The van der Waals surface area contributed by atoms with Crippen molar-refractivity contribution in [3.63, 3.8) is 0 Å². The van der Waals surface area contributed by atoms with E-state index in [1.54, 1.807) is 0 Å². The summed E-state index contributed by atoms with van der Waals surface area (Å²) in [6.07, 6.45) is 0. The summed E-state index contributed by atoms with van der Waals surface area (Å²) in [5.74, 6) is 0. The van der Waals surface area contributed by atoms with Crippen LogP contribution >= 0.6 is 0 Å². The van der Waals surface area contributed by atoms with E-state index in [0.29, 0.717) is 0 Å². The summed E-state index contributed by atoms with van der Waals surface area (Å²) in [5, 5.41) is 15.3. The lowest BCUT2D eigenvalue weighted by atomic mass is 9.77. The number of fused-ring (bicyclic) bond motifs is 15. The molecule has 0 unspecified atom stereocenters. The van der Waals surface area contributed by atoms with Crippen LogP contribution in [0.15, 0.2) is 199 Å². The third-order valence-corrected chi connectivity index (χ3v) is 13.6. The molecular formula is C59H38O. The average Bonchev–Trinajstić information content (AvgIpc) is 3.79. The predicted octanol–water partition coefficient (Wildman–Crippen LogP) is 16.7. The van der Waals surface area contributed by atoms with Gasteiger partial charge in [-0.15, -0.1) is 0 Å². The second-order valence-corrected chi connectivity index (χ2v) is 17.1. The highest BCUT2D eigenvalue weighted by Crippen LogP contribution is 2.56. The third kappa shape index (κ3) is 4.58. The van der Waals surface area contributed by atoms with Gasteiger partial charge in [-0.05, 0) is 134 Å². The smallest absolute Gasteiger partial charge is 0.135 e. The zero-order valence-electron chi connectivity index (χ0n) is 33.4. The van der Waals surface area contributed by atoms with Crippen LogP contribution in [-0.4, -0.2) is 0 Å². The number of benzene rings is 11. The highest BCUT2D eigenvalue weighted by molar-refractivity contribution is 6.23. The number of hydrogen-bond acceptors (Lipinski definition) is 1. The topological polar surface area (TPSA) is 13.1 Å². The zero-order chi connectivity index (χ0) is 39.7. The van der Waals surface area contributed by atoms with Crippen molar-refractivity contribution in [2.45, 2.75) is 19.3 Å². The van der Waals surface area contributed by atoms with Crippen LogP contribution < -0.4 is 0 Å². The summed E-state index contributed by atoms with van der Waals surface area (Å²) in [5.41, 5.74) is 14.7. The van der Waals surface area contributed by atoms with Crippen molar-refractivity contribution in [3.8, 4) is 44.5 Å². The van der Waals surface area contributed by atoms with E-state index < -0.39 is 0 Å². The average molecular weight is 763 g/mol. The Morgan fingerprint density at radius 3 is 1.45 bits per heavy atom. The van der Waals surface area contributed by atoms with E-state index >= 15 is 0 Å². The molecule has 60 heavy (non-hydrogen) atoms. The van der Waals surface area contributed by atoms with Crippen LogP contribution in [0, 0.1) is 0 Å². The van der Waals surface area contributed by atoms with Crippen LogP contribution in [0.1, 0.15) is 25.0 Å². The van der Waals surface area contributed by atoms with E-state index in [0.717, 1.165) is 21.9 Å². The van der Waals surface area contributed by atoms with Crippen LogP contribution in [0.25, 0.3) is 120 Å². The summed E-state index contributed by atoms with van der Waals surface area (Å²) in [7, 11) is 0. The zero-order valence-corrected chi connectivity index (χ0v) is 33.4. The summed E-state index contributed by atoms with van der Waals surface area (Å²) in [6.45, 7) is 4.84. The van der Waals surface area contributed by atoms with E-state index in [-0.39, 0.29) is 5.41 Å². The van der Waals surface area contributed by atoms with Crippen molar-refractivity contribution in [1.29, 1.82) is 0 Å². The molecule has 1 heterocycles. The highest BCUT2D eigenvalue weighted by atomic mass is 16.3. The van der Waals surface area contributed by atoms with Gasteiger partial charge in [0.25, 0.3) is 0 Å². The molecule has 0 amide bonds. The van der Waals surface area contributed by atoms with Gasteiger partial charge in [-0.2, -0.15) is 0 Å². The fourth-order valence-electron chi connectivity index (χ4n) is 11.0. The summed E-state index contributed by atoms with van der Waals surface area (Å²) in [6, 6.07) is 71.8. The van der Waals surface area contributed by atoms with Gasteiger partial charge in [-0.25, -0.2) is 0 Å². The van der Waals surface area contributed by atoms with Gasteiger partial charge >= 0.3 is 0 Å².